The summed E-state index contributed by atoms with van der Waals surface area (Å²) >= 11 is 6.08. The van der Waals surface area contributed by atoms with Crippen LogP contribution in [0.1, 0.15) is 5.56 Å². The number of para-hydroxylation sites is 1. The molecule has 1 heterocycles. The average Bonchev–Trinajstić information content (AvgIpc) is 2.58. The van der Waals surface area contributed by atoms with Crippen LogP contribution in [0.15, 0.2) is 54.6 Å². The summed E-state index contributed by atoms with van der Waals surface area (Å²) in [5.74, 6) is 0. The second kappa shape index (κ2) is 7.49. The Balaban J connectivity index is 1.50. The van der Waals surface area contributed by atoms with Gasteiger partial charge < -0.3 is 10.2 Å². The van der Waals surface area contributed by atoms with Crippen LogP contribution < -0.4 is 5.32 Å². The number of halogens is 1. The fourth-order valence-electron chi connectivity index (χ4n) is 2.71. The van der Waals surface area contributed by atoms with E-state index < -0.39 is 0 Å². The molecule has 0 radical (unpaired) electrons. The third kappa shape index (κ3) is 4.24. The standard InChI is InChI=1S/C18H20ClN3O/c19-16-8-4-5-9-17(16)20-18(23)22-12-10-21(11-13-22)14-15-6-2-1-3-7-15/h1-9H,10-14H2,(H,20,23). The van der Waals surface area contributed by atoms with Gasteiger partial charge in [0.2, 0.25) is 0 Å². The van der Waals surface area contributed by atoms with Gasteiger partial charge in [-0.05, 0) is 17.7 Å². The summed E-state index contributed by atoms with van der Waals surface area (Å²) in [6.07, 6.45) is 0. The molecule has 0 saturated carbocycles. The zero-order chi connectivity index (χ0) is 16.1. The Hall–Kier alpha value is -2.04. The fourth-order valence-corrected chi connectivity index (χ4v) is 2.89. The van der Waals surface area contributed by atoms with Crippen LogP contribution in [-0.2, 0) is 6.54 Å². The second-order valence-electron chi connectivity index (χ2n) is 5.66. The number of anilines is 1. The number of benzene rings is 2. The summed E-state index contributed by atoms with van der Waals surface area (Å²) in [5, 5.41) is 3.44. The van der Waals surface area contributed by atoms with Crippen molar-refractivity contribution in [2.75, 3.05) is 31.5 Å². The third-order valence-corrected chi connectivity index (χ3v) is 4.35. The Morgan fingerprint density at radius 2 is 1.61 bits per heavy atom. The first-order chi connectivity index (χ1) is 11.2. The molecule has 1 aliphatic heterocycles. The summed E-state index contributed by atoms with van der Waals surface area (Å²) in [4.78, 5) is 16.5. The highest BCUT2D eigenvalue weighted by atomic mass is 35.5. The van der Waals surface area contributed by atoms with Crippen molar-refractivity contribution in [3.63, 3.8) is 0 Å². The lowest BCUT2D eigenvalue weighted by atomic mass is 10.2. The van der Waals surface area contributed by atoms with E-state index in [2.05, 4.69) is 34.5 Å². The number of nitrogens with zero attached hydrogens (tertiary/aromatic N) is 2. The van der Waals surface area contributed by atoms with Gasteiger partial charge in [0.05, 0.1) is 10.7 Å². The van der Waals surface area contributed by atoms with Crippen LogP contribution in [0, 0.1) is 0 Å². The summed E-state index contributed by atoms with van der Waals surface area (Å²) in [6.45, 7) is 4.14. The van der Waals surface area contributed by atoms with Crippen molar-refractivity contribution in [3.05, 3.63) is 65.2 Å². The summed E-state index contributed by atoms with van der Waals surface area (Å²) in [6, 6.07) is 17.6. The molecular formula is C18H20ClN3O. The monoisotopic (exact) mass is 329 g/mol. The van der Waals surface area contributed by atoms with E-state index in [1.54, 1.807) is 6.07 Å². The molecule has 0 atom stereocenters. The second-order valence-corrected chi connectivity index (χ2v) is 6.07. The lowest BCUT2D eigenvalue weighted by molar-refractivity contribution is 0.143. The Labute approximate surface area is 141 Å². The summed E-state index contributed by atoms with van der Waals surface area (Å²) in [7, 11) is 0. The quantitative estimate of drug-likeness (QED) is 0.932. The minimum atomic E-state index is -0.0857. The first-order valence-electron chi connectivity index (χ1n) is 7.79. The van der Waals surface area contributed by atoms with Gasteiger partial charge in [0.15, 0.2) is 0 Å². The molecule has 1 N–H and O–H groups in total. The van der Waals surface area contributed by atoms with Crippen molar-refractivity contribution in [1.82, 2.24) is 9.80 Å². The van der Waals surface area contributed by atoms with Crippen molar-refractivity contribution in [3.8, 4) is 0 Å². The minimum Gasteiger partial charge on any atom is -0.322 e. The van der Waals surface area contributed by atoms with E-state index in [1.165, 1.54) is 5.56 Å². The lowest BCUT2D eigenvalue weighted by Gasteiger charge is -2.34. The number of nitrogens with one attached hydrogen (secondary N) is 1. The smallest absolute Gasteiger partial charge is 0.321 e. The third-order valence-electron chi connectivity index (χ3n) is 4.02. The number of urea groups is 1. The van der Waals surface area contributed by atoms with Gasteiger partial charge in [-0.15, -0.1) is 0 Å². The van der Waals surface area contributed by atoms with Crippen molar-refractivity contribution >= 4 is 23.3 Å². The van der Waals surface area contributed by atoms with Crippen LogP contribution in [0.25, 0.3) is 0 Å². The van der Waals surface area contributed by atoms with E-state index in [1.807, 2.05) is 29.2 Å². The number of carbonyl (C=O) groups excluding carboxylic acids is 1. The maximum atomic E-state index is 12.3. The lowest BCUT2D eigenvalue weighted by Crippen LogP contribution is -2.49. The number of hydrogen-bond acceptors (Lipinski definition) is 2. The van der Waals surface area contributed by atoms with E-state index in [-0.39, 0.29) is 6.03 Å². The molecule has 5 heteroatoms. The van der Waals surface area contributed by atoms with Gasteiger partial charge in [-0.2, -0.15) is 0 Å². The Morgan fingerprint density at radius 1 is 0.957 bits per heavy atom. The Kier molecular flexibility index (Phi) is 5.16. The molecule has 23 heavy (non-hydrogen) atoms. The molecule has 4 nitrogen and oxygen atoms in total. The fraction of sp³-hybridized carbons (Fsp3) is 0.278. The Morgan fingerprint density at radius 3 is 2.30 bits per heavy atom. The minimum absolute atomic E-state index is 0.0857. The SMILES string of the molecule is O=C(Nc1ccccc1Cl)N1CCN(Cc2ccccc2)CC1. The molecule has 1 saturated heterocycles. The molecule has 0 aliphatic carbocycles. The molecule has 2 amide bonds. The summed E-state index contributed by atoms with van der Waals surface area (Å²) in [5.41, 5.74) is 1.97. The molecule has 1 fully saturated rings. The zero-order valence-electron chi connectivity index (χ0n) is 12.9. The normalized spacial score (nSPS) is 15.4. The molecular weight excluding hydrogens is 310 g/mol. The average molecular weight is 330 g/mol. The molecule has 0 aromatic heterocycles. The van der Waals surface area contributed by atoms with E-state index >= 15 is 0 Å². The van der Waals surface area contributed by atoms with Crippen molar-refractivity contribution < 1.29 is 4.79 Å². The van der Waals surface area contributed by atoms with Crippen LogP contribution in [0.5, 0.6) is 0 Å². The maximum absolute atomic E-state index is 12.3. The highest BCUT2D eigenvalue weighted by Crippen LogP contribution is 2.21. The topological polar surface area (TPSA) is 35.6 Å². The number of piperazine rings is 1. The highest BCUT2D eigenvalue weighted by Gasteiger charge is 2.21. The molecule has 2 aromatic rings. The Bertz CT molecular complexity index is 654. The van der Waals surface area contributed by atoms with Crippen LogP contribution in [-0.4, -0.2) is 42.0 Å². The van der Waals surface area contributed by atoms with Crippen LogP contribution in [0.3, 0.4) is 0 Å². The molecule has 120 valence electrons. The van der Waals surface area contributed by atoms with Crippen LogP contribution in [0.2, 0.25) is 5.02 Å². The highest BCUT2D eigenvalue weighted by molar-refractivity contribution is 6.33. The van der Waals surface area contributed by atoms with Gasteiger partial charge in [0, 0.05) is 32.7 Å². The molecule has 2 aromatic carbocycles. The van der Waals surface area contributed by atoms with Gasteiger partial charge in [-0.3, -0.25) is 4.90 Å². The van der Waals surface area contributed by atoms with Gasteiger partial charge in [0.1, 0.15) is 0 Å². The first kappa shape index (κ1) is 15.8. The predicted octanol–water partition coefficient (Wildman–Crippen LogP) is 3.69. The molecule has 0 spiro atoms. The molecule has 0 bridgehead atoms. The number of hydrogen-bond donors (Lipinski definition) is 1. The zero-order valence-corrected chi connectivity index (χ0v) is 13.7. The van der Waals surface area contributed by atoms with Crippen LogP contribution >= 0.6 is 11.6 Å². The van der Waals surface area contributed by atoms with E-state index in [4.69, 9.17) is 11.6 Å². The van der Waals surface area contributed by atoms with Crippen LogP contribution in [0.4, 0.5) is 10.5 Å². The first-order valence-corrected chi connectivity index (χ1v) is 8.17. The van der Waals surface area contributed by atoms with Gasteiger partial charge in [0.25, 0.3) is 0 Å². The summed E-state index contributed by atoms with van der Waals surface area (Å²) < 4.78 is 0. The number of amides is 2. The van der Waals surface area contributed by atoms with E-state index in [9.17, 15) is 4.79 Å². The maximum Gasteiger partial charge on any atom is 0.321 e. The van der Waals surface area contributed by atoms with E-state index in [0.717, 1.165) is 32.7 Å². The van der Waals surface area contributed by atoms with Crippen molar-refractivity contribution in [1.29, 1.82) is 0 Å². The molecule has 1 aliphatic rings. The largest absolute Gasteiger partial charge is 0.322 e. The molecule has 3 rings (SSSR count). The van der Waals surface area contributed by atoms with E-state index in [0.29, 0.717) is 10.7 Å². The number of rotatable bonds is 3. The molecule has 0 unspecified atom stereocenters. The van der Waals surface area contributed by atoms with Gasteiger partial charge in [-0.1, -0.05) is 54.1 Å². The van der Waals surface area contributed by atoms with Crippen molar-refractivity contribution in [2.24, 2.45) is 0 Å². The van der Waals surface area contributed by atoms with Crippen molar-refractivity contribution in [2.45, 2.75) is 6.54 Å². The number of carbonyl (C=O) groups is 1. The van der Waals surface area contributed by atoms with Gasteiger partial charge >= 0.3 is 6.03 Å². The predicted molar refractivity (Wildman–Crippen MR) is 93.8 cm³/mol. The van der Waals surface area contributed by atoms with Gasteiger partial charge in [-0.25, -0.2) is 4.79 Å².